The van der Waals surface area contributed by atoms with Crippen LogP contribution in [0.5, 0.6) is 0 Å². The third-order valence-corrected chi connectivity index (χ3v) is 6.87. The minimum absolute atomic E-state index is 0.346. The molecule has 1 aromatic carbocycles. The molecule has 170 valence electrons. The van der Waals surface area contributed by atoms with Crippen LogP contribution in [0.2, 0.25) is 0 Å². The molecule has 0 saturated carbocycles. The van der Waals surface area contributed by atoms with Crippen molar-refractivity contribution in [3.63, 3.8) is 0 Å². The van der Waals surface area contributed by atoms with Crippen molar-refractivity contribution in [1.82, 2.24) is 20.4 Å². The lowest BCUT2D eigenvalue weighted by Gasteiger charge is -2.36. The largest absolute Gasteiger partial charge is 0.380 e. The van der Waals surface area contributed by atoms with E-state index in [1.807, 2.05) is 13.0 Å². The Bertz CT molecular complexity index is 1120. The molecule has 2 saturated heterocycles. The number of piperidine rings is 1. The van der Waals surface area contributed by atoms with Gasteiger partial charge in [-0.05, 0) is 57.2 Å². The second kappa shape index (κ2) is 9.03. The Morgan fingerprint density at radius 2 is 1.94 bits per heavy atom. The zero-order valence-corrected chi connectivity index (χ0v) is 19.9. The summed E-state index contributed by atoms with van der Waals surface area (Å²) >= 11 is 3.40. The first-order valence-corrected chi connectivity index (χ1v) is 12.0. The Kier molecular flexibility index (Phi) is 6.14. The highest BCUT2D eigenvalue weighted by Gasteiger charge is 2.28. The number of benzene rings is 1. The van der Waals surface area contributed by atoms with Crippen molar-refractivity contribution in [3.05, 3.63) is 33.8 Å². The van der Waals surface area contributed by atoms with Gasteiger partial charge in [0.05, 0.1) is 12.2 Å². The number of hydrogen-bond donors (Lipinski definition) is 1. The van der Waals surface area contributed by atoms with Crippen molar-refractivity contribution in [1.29, 1.82) is 0 Å². The number of hydrogen-bond acceptors (Lipinski definition) is 7. The lowest BCUT2D eigenvalue weighted by atomic mass is 9.99. The van der Waals surface area contributed by atoms with Crippen LogP contribution in [0.1, 0.15) is 37.1 Å². The van der Waals surface area contributed by atoms with E-state index in [1.165, 1.54) is 12.5 Å². The van der Waals surface area contributed by atoms with E-state index in [0.29, 0.717) is 39.6 Å². The van der Waals surface area contributed by atoms with E-state index >= 15 is 0 Å². The maximum absolute atomic E-state index is 14.9. The predicted octanol–water partition coefficient (Wildman–Crippen LogP) is 4.54. The molecule has 1 atom stereocenters. The van der Waals surface area contributed by atoms with Gasteiger partial charge in [0.25, 0.3) is 5.89 Å². The Balaban J connectivity index is 1.47. The molecule has 0 aliphatic carbocycles. The molecule has 2 aromatic heterocycles. The molecule has 32 heavy (non-hydrogen) atoms. The third kappa shape index (κ3) is 4.25. The Labute approximate surface area is 194 Å². The number of halogens is 2. The van der Waals surface area contributed by atoms with Crippen molar-refractivity contribution >= 4 is 32.7 Å². The summed E-state index contributed by atoms with van der Waals surface area (Å²) in [6.45, 7) is 7.06. The van der Waals surface area contributed by atoms with Gasteiger partial charge in [-0.25, -0.2) is 9.37 Å². The molecule has 0 amide bonds. The summed E-state index contributed by atoms with van der Waals surface area (Å²) in [4.78, 5) is 11.5. The van der Waals surface area contributed by atoms with Crippen LogP contribution in [0.4, 0.5) is 10.2 Å². The highest BCUT2D eigenvalue weighted by molar-refractivity contribution is 9.10. The Morgan fingerprint density at radius 1 is 1.12 bits per heavy atom. The zero-order chi connectivity index (χ0) is 22.2. The number of fused-ring (bicyclic) bond motifs is 1. The van der Waals surface area contributed by atoms with Crippen molar-refractivity contribution < 1.29 is 13.7 Å². The van der Waals surface area contributed by atoms with Gasteiger partial charge in [0.2, 0.25) is 0 Å². The molecule has 3 aromatic rings. The number of pyridine rings is 1. The molecule has 0 spiro atoms. The van der Waals surface area contributed by atoms with Gasteiger partial charge < -0.3 is 19.5 Å². The number of aryl methyl sites for hydroxylation is 2. The molecular weight excluding hydrogens is 477 g/mol. The minimum Gasteiger partial charge on any atom is -0.380 e. The SMILES string of the molecule is Cc1noc(-c2c(N3CCC(N[C@@H]4CCCOC4)CC3)nc3c(F)cc(Br)cc3c2C)n1. The van der Waals surface area contributed by atoms with Crippen LogP contribution in [0.25, 0.3) is 22.4 Å². The molecular formula is C23H27BrFN5O2. The van der Waals surface area contributed by atoms with Gasteiger partial charge in [-0.1, -0.05) is 21.1 Å². The molecule has 7 nitrogen and oxygen atoms in total. The van der Waals surface area contributed by atoms with Crippen LogP contribution < -0.4 is 10.2 Å². The normalized spacial score (nSPS) is 20.2. The quantitative estimate of drug-likeness (QED) is 0.559. The molecule has 1 N–H and O–H groups in total. The fraction of sp³-hybridized carbons (Fsp3) is 0.522. The lowest BCUT2D eigenvalue weighted by Crippen LogP contribution is -2.48. The molecule has 5 rings (SSSR count). The highest BCUT2D eigenvalue weighted by atomic mass is 79.9. The maximum Gasteiger partial charge on any atom is 0.261 e. The second-order valence-electron chi connectivity index (χ2n) is 8.71. The van der Waals surface area contributed by atoms with E-state index in [-0.39, 0.29) is 5.82 Å². The van der Waals surface area contributed by atoms with E-state index in [9.17, 15) is 4.39 Å². The van der Waals surface area contributed by atoms with Crippen LogP contribution in [-0.2, 0) is 4.74 Å². The van der Waals surface area contributed by atoms with E-state index in [4.69, 9.17) is 14.2 Å². The molecule has 0 unspecified atom stereocenters. The van der Waals surface area contributed by atoms with Gasteiger partial charge in [0.1, 0.15) is 11.3 Å². The predicted molar refractivity (Wildman–Crippen MR) is 124 cm³/mol. The van der Waals surface area contributed by atoms with Gasteiger partial charge in [-0.15, -0.1) is 0 Å². The van der Waals surface area contributed by atoms with Gasteiger partial charge in [-0.2, -0.15) is 4.98 Å². The molecule has 2 aliphatic rings. The summed E-state index contributed by atoms with van der Waals surface area (Å²) in [6, 6.07) is 4.23. The number of anilines is 1. The first kappa shape index (κ1) is 21.7. The lowest BCUT2D eigenvalue weighted by molar-refractivity contribution is 0.0650. The van der Waals surface area contributed by atoms with E-state index in [1.54, 1.807) is 6.92 Å². The third-order valence-electron chi connectivity index (χ3n) is 6.42. The van der Waals surface area contributed by atoms with Crippen LogP contribution in [0.15, 0.2) is 21.1 Å². The van der Waals surface area contributed by atoms with Crippen LogP contribution in [0, 0.1) is 19.7 Å². The van der Waals surface area contributed by atoms with E-state index in [0.717, 1.165) is 62.1 Å². The van der Waals surface area contributed by atoms with Crippen molar-refractivity contribution in [2.75, 3.05) is 31.2 Å². The standard InChI is InChI=1S/C23H27BrFN5O2/c1-13-18-10-15(24)11-19(25)21(18)28-22(20(13)23-26-14(2)29-32-23)30-7-5-16(6-8-30)27-17-4-3-9-31-12-17/h10-11,16-17,27H,3-9,12H2,1-2H3/t17-/m1/s1. The van der Waals surface area contributed by atoms with Crippen molar-refractivity contribution in [2.24, 2.45) is 0 Å². The van der Waals surface area contributed by atoms with E-state index < -0.39 is 0 Å². The summed E-state index contributed by atoms with van der Waals surface area (Å²) in [5, 5.41) is 8.47. The van der Waals surface area contributed by atoms with Gasteiger partial charge in [-0.3, -0.25) is 0 Å². The topological polar surface area (TPSA) is 76.3 Å². The minimum atomic E-state index is -0.346. The average Bonchev–Trinajstić information content (AvgIpc) is 3.21. The Morgan fingerprint density at radius 3 is 2.62 bits per heavy atom. The smallest absolute Gasteiger partial charge is 0.261 e. The van der Waals surface area contributed by atoms with Crippen molar-refractivity contribution in [2.45, 2.75) is 51.6 Å². The highest BCUT2D eigenvalue weighted by Crippen LogP contribution is 2.38. The van der Waals surface area contributed by atoms with Crippen LogP contribution >= 0.6 is 15.9 Å². The summed E-state index contributed by atoms with van der Waals surface area (Å²) in [5.41, 5.74) is 2.02. The summed E-state index contributed by atoms with van der Waals surface area (Å²) in [5.74, 6) is 1.34. The van der Waals surface area contributed by atoms with Crippen LogP contribution in [-0.4, -0.2) is 53.5 Å². The summed E-state index contributed by atoms with van der Waals surface area (Å²) in [6.07, 6.45) is 4.26. The fourth-order valence-corrected chi connectivity index (χ4v) is 5.21. The number of rotatable bonds is 4. The van der Waals surface area contributed by atoms with Crippen LogP contribution in [0.3, 0.4) is 0 Å². The average molecular weight is 504 g/mol. The van der Waals surface area contributed by atoms with Gasteiger partial charge in [0.15, 0.2) is 11.6 Å². The zero-order valence-electron chi connectivity index (χ0n) is 18.3. The number of nitrogens with one attached hydrogen (secondary N) is 1. The molecule has 9 heteroatoms. The van der Waals surface area contributed by atoms with Gasteiger partial charge >= 0.3 is 0 Å². The summed E-state index contributed by atoms with van der Waals surface area (Å²) in [7, 11) is 0. The Hall–Kier alpha value is -2.10. The first-order valence-electron chi connectivity index (χ1n) is 11.2. The molecule has 0 radical (unpaired) electrons. The molecule has 0 bridgehead atoms. The number of ether oxygens (including phenoxy) is 1. The number of aromatic nitrogens is 3. The maximum atomic E-state index is 14.9. The number of nitrogens with zero attached hydrogens (tertiary/aromatic N) is 4. The molecule has 4 heterocycles. The first-order chi connectivity index (χ1) is 15.5. The van der Waals surface area contributed by atoms with E-state index in [2.05, 4.69) is 36.3 Å². The van der Waals surface area contributed by atoms with Gasteiger partial charge in [0, 0.05) is 41.6 Å². The second-order valence-corrected chi connectivity index (χ2v) is 9.62. The molecule has 2 aliphatic heterocycles. The molecule has 2 fully saturated rings. The van der Waals surface area contributed by atoms with Crippen molar-refractivity contribution in [3.8, 4) is 11.5 Å². The fourth-order valence-electron chi connectivity index (χ4n) is 4.78. The monoisotopic (exact) mass is 503 g/mol. The summed E-state index contributed by atoms with van der Waals surface area (Å²) < 4.78 is 26.7.